The summed E-state index contributed by atoms with van der Waals surface area (Å²) in [5, 5.41) is 0.583. The molecule has 1 aliphatic rings. The van der Waals surface area contributed by atoms with Crippen LogP contribution in [0, 0.1) is 0 Å². The van der Waals surface area contributed by atoms with Gasteiger partial charge in [0.25, 0.3) is 0 Å². The Morgan fingerprint density at radius 1 is 1.50 bits per heavy atom. The molecule has 0 aromatic carbocycles. The minimum atomic E-state index is 0.583. The molecule has 1 saturated heterocycles. The number of likely N-dealkylation sites (N-methyl/N-ethyl adjacent to an activating group) is 1. The number of rotatable bonds is 2. The van der Waals surface area contributed by atoms with Gasteiger partial charge in [-0.25, -0.2) is 4.98 Å². The molecule has 2 heterocycles. The minimum absolute atomic E-state index is 0.583. The van der Waals surface area contributed by atoms with Crippen LogP contribution in [-0.4, -0.2) is 47.5 Å². The summed E-state index contributed by atoms with van der Waals surface area (Å²) in [6.45, 7) is 6.63. The van der Waals surface area contributed by atoms with Crippen LogP contribution in [0.2, 0.25) is 5.15 Å². The van der Waals surface area contributed by atoms with Gasteiger partial charge in [-0.05, 0) is 31.7 Å². The Labute approximate surface area is 102 Å². The lowest BCUT2D eigenvalue weighted by Crippen LogP contribution is -2.49. The molecular formula is C12H18ClN3. The lowest BCUT2D eigenvalue weighted by atomic mass is 10.2. The van der Waals surface area contributed by atoms with Gasteiger partial charge >= 0.3 is 0 Å². The molecule has 0 saturated carbocycles. The molecule has 1 aliphatic heterocycles. The fourth-order valence-corrected chi connectivity index (χ4v) is 2.26. The van der Waals surface area contributed by atoms with Crippen LogP contribution in [0.3, 0.4) is 0 Å². The lowest BCUT2D eigenvalue weighted by Gasteiger charge is -2.37. The summed E-state index contributed by atoms with van der Waals surface area (Å²) in [6.07, 6.45) is 1.77. The molecule has 1 aromatic rings. The van der Waals surface area contributed by atoms with Crippen LogP contribution in [0.4, 0.5) is 0 Å². The van der Waals surface area contributed by atoms with E-state index < -0.39 is 0 Å². The summed E-state index contributed by atoms with van der Waals surface area (Å²) in [4.78, 5) is 8.87. The van der Waals surface area contributed by atoms with Crippen molar-refractivity contribution in [2.24, 2.45) is 0 Å². The van der Waals surface area contributed by atoms with Gasteiger partial charge < -0.3 is 4.90 Å². The Hall–Kier alpha value is -0.640. The third kappa shape index (κ3) is 2.94. The summed E-state index contributed by atoms with van der Waals surface area (Å²) in [5.41, 5.74) is 1.25. The van der Waals surface area contributed by atoms with Crippen molar-refractivity contribution in [3.8, 4) is 0 Å². The van der Waals surface area contributed by atoms with Crippen LogP contribution in [-0.2, 0) is 6.54 Å². The number of nitrogens with zero attached hydrogens (tertiary/aromatic N) is 3. The highest BCUT2D eigenvalue weighted by Crippen LogP contribution is 2.13. The van der Waals surface area contributed by atoms with Gasteiger partial charge in [0.15, 0.2) is 0 Å². The lowest BCUT2D eigenvalue weighted by molar-refractivity contribution is 0.1000. The number of halogens is 1. The van der Waals surface area contributed by atoms with Crippen LogP contribution in [0.25, 0.3) is 0 Å². The Balaban J connectivity index is 1.95. The zero-order valence-corrected chi connectivity index (χ0v) is 10.6. The van der Waals surface area contributed by atoms with Gasteiger partial charge in [0.05, 0.1) is 0 Å². The Morgan fingerprint density at radius 3 is 3.00 bits per heavy atom. The Bertz CT molecular complexity index is 356. The van der Waals surface area contributed by atoms with Crippen LogP contribution < -0.4 is 0 Å². The van der Waals surface area contributed by atoms with Crippen molar-refractivity contribution >= 4 is 11.6 Å². The van der Waals surface area contributed by atoms with Gasteiger partial charge in [-0.15, -0.1) is 0 Å². The van der Waals surface area contributed by atoms with Crippen molar-refractivity contribution in [3.05, 3.63) is 29.0 Å². The van der Waals surface area contributed by atoms with Crippen molar-refractivity contribution in [2.45, 2.75) is 19.5 Å². The van der Waals surface area contributed by atoms with E-state index >= 15 is 0 Å². The Morgan fingerprint density at radius 2 is 2.31 bits per heavy atom. The number of piperazine rings is 1. The van der Waals surface area contributed by atoms with E-state index in [1.54, 1.807) is 6.20 Å². The predicted octanol–water partition coefficient (Wildman–Crippen LogP) is 1.87. The summed E-state index contributed by atoms with van der Waals surface area (Å²) < 4.78 is 0. The standard InChI is InChI=1S/C12H18ClN3/c1-10-8-16(6-5-15(10)2)9-11-3-4-14-12(13)7-11/h3-4,7,10H,5-6,8-9H2,1-2H3. The summed E-state index contributed by atoms with van der Waals surface area (Å²) in [6, 6.07) is 4.62. The number of hydrogen-bond donors (Lipinski definition) is 0. The van der Waals surface area contributed by atoms with E-state index in [2.05, 4.69) is 28.8 Å². The first-order chi connectivity index (χ1) is 7.65. The van der Waals surface area contributed by atoms with Crippen molar-refractivity contribution in [1.29, 1.82) is 0 Å². The second kappa shape index (κ2) is 5.13. The molecule has 0 spiro atoms. The van der Waals surface area contributed by atoms with Crippen LogP contribution in [0.5, 0.6) is 0 Å². The molecule has 4 heteroatoms. The average Bonchev–Trinajstić information content (AvgIpc) is 2.24. The molecule has 1 aromatic heterocycles. The predicted molar refractivity (Wildman–Crippen MR) is 66.6 cm³/mol. The molecule has 3 nitrogen and oxygen atoms in total. The van der Waals surface area contributed by atoms with Crippen molar-refractivity contribution in [2.75, 3.05) is 26.7 Å². The van der Waals surface area contributed by atoms with Gasteiger partial charge in [-0.3, -0.25) is 4.90 Å². The highest BCUT2D eigenvalue weighted by Gasteiger charge is 2.20. The van der Waals surface area contributed by atoms with Gasteiger partial charge in [0.2, 0.25) is 0 Å². The molecule has 1 fully saturated rings. The molecule has 0 amide bonds. The summed E-state index contributed by atoms with van der Waals surface area (Å²) >= 11 is 5.88. The molecule has 0 N–H and O–H groups in total. The molecule has 1 unspecified atom stereocenters. The molecule has 88 valence electrons. The van der Waals surface area contributed by atoms with Gasteiger partial charge in [-0.2, -0.15) is 0 Å². The third-order valence-corrected chi connectivity index (χ3v) is 3.45. The quantitative estimate of drug-likeness (QED) is 0.735. The van der Waals surface area contributed by atoms with E-state index in [0.29, 0.717) is 11.2 Å². The van der Waals surface area contributed by atoms with Crippen LogP contribution in [0.1, 0.15) is 12.5 Å². The maximum atomic E-state index is 5.88. The summed E-state index contributed by atoms with van der Waals surface area (Å²) in [7, 11) is 2.19. The minimum Gasteiger partial charge on any atom is -0.301 e. The van der Waals surface area contributed by atoms with Crippen molar-refractivity contribution in [3.63, 3.8) is 0 Å². The molecular weight excluding hydrogens is 222 g/mol. The van der Waals surface area contributed by atoms with E-state index in [4.69, 9.17) is 11.6 Å². The highest BCUT2D eigenvalue weighted by atomic mass is 35.5. The van der Waals surface area contributed by atoms with E-state index in [1.807, 2.05) is 12.1 Å². The zero-order valence-electron chi connectivity index (χ0n) is 9.86. The molecule has 0 aliphatic carbocycles. The highest BCUT2D eigenvalue weighted by molar-refractivity contribution is 6.29. The summed E-state index contributed by atoms with van der Waals surface area (Å²) in [5.74, 6) is 0. The maximum Gasteiger partial charge on any atom is 0.129 e. The third-order valence-electron chi connectivity index (χ3n) is 3.24. The van der Waals surface area contributed by atoms with Gasteiger partial charge in [0.1, 0.15) is 5.15 Å². The molecule has 0 bridgehead atoms. The number of hydrogen-bond acceptors (Lipinski definition) is 3. The van der Waals surface area contributed by atoms with Gasteiger partial charge in [0, 0.05) is 38.4 Å². The molecule has 16 heavy (non-hydrogen) atoms. The number of aromatic nitrogens is 1. The van der Waals surface area contributed by atoms with Crippen LogP contribution in [0.15, 0.2) is 18.3 Å². The second-order valence-corrected chi connectivity index (χ2v) is 4.94. The zero-order chi connectivity index (χ0) is 11.5. The Kier molecular flexibility index (Phi) is 3.79. The SMILES string of the molecule is CC1CN(Cc2ccnc(Cl)c2)CCN1C. The largest absolute Gasteiger partial charge is 0.301 e. The van der Waals surface area contributed by atoms with E-state index in [0.717, 1.165) is 26.2 Å². The number of pyridine rings is 1. The van der Waals surface area contributed by atoms with E-state index in [9.17, 15) is 0 Å². The first kappa shape index (κ1) is 11.8. The first-order valence-corrected chi connectivity index (χ1v) is 6.06. The molecule has 2 rings (SSSR count). The normalized spacial score (nSPS) is 23.6. The average molecular weight is 240 g/mol. The van der Waals surface area contributed by atoms with Crippen LogP contribution >= 0.6 is 11.6 Å². The van der Waals surface area contributed by atoms with Crippen molar-refractivity contribution in [1.82, 2.24) is 14.8 Å². The fraction of sp³-hybridized carbons (Fsp3) is 0.583. The van der Waals surface area contributed by atoms with Gasteiger partial charge in [-0.1, -0.05) is 11.6 Å². The molecule has 1 atom stereocenters. The van der Waals surface area contributed by atoms with E-state index in [1.165, 1.54) is 5.56 Å². The maximum absolute atomic E-state index is 5.88. The fourth-order valence-electron chi connectivity index (χ4n) is 2.07. The smallest absolute Gasteiger partial charge is 0.129 e. The van der Waals surface area contributed by atoms with E-state index in [-0.39, 0.29) is 0 Å². The first-order valence-electron chi connectivity index (χ1n) is 5.68. The van der Waals surface area contributed by atoms with Crippen molar-refractivity contribution < 1.29 is 0 Å². The monoisotopic (exact) mass is 239 g/mol. The molecule has 0 radical (unpaired) electrons. The topological polar surface area (TPSA) is 19.4 Å². The second-order valence-electron chi connectivity index (χ2n) is 4.55.